The lowest BCUT2D eigenvalue weighted by Gasteiger charge is -2.44. The SMILES string of the molecule is C#CCOC1=C(c2c(C)cc(C#CC)cc2C)C(=O)CC2(CCN(C(C)=O)CC2)C1. The molecule has 0 unspecified atom stereocenters. The highest BCUT2D eigenvalue weighted by Crippen LogP contribution is 2.48. The van der Waals surface area contributed by atoms with Gasteiger partial charge in [-0.25, -0.2) is 0 Å². The number of hydrogen-bond donors (Lipinski definition) is 0. The predicted octanol–water partition coefficient (Wildman–Crippen LogP) is 4.03. The minimum Gasteiger partial charge on any atom is -0.485 e. The summed E-state index contributed by atoms with van der Waals surface area (Å²) in [5, 5.41) is 0. The number of carbonyl (C=O) groups excluding carboxylic acids is 2. The minimum absolute atomic E-state index is 0.0912. The predicted molar refractivity (Wildman–Crippen MR) is 118 cm³/mol. The minimum atomic E-state index is -0.161. The number of allylic oxidation sites excluding steroid dienone is 2. The highest BCUT2D eigenvalue weighted by molar-refractivity contribution is 6.23. The molecule has 0 saturated carbocycles. The number of benzene rings is 1. The number of piperidine rings is 1. The summed E-state index contributed by atoms with van der Waals surface area (Å²) < 4.78 is 5.97. The summed E-state index contributed by atoms with van der Waals surface area (Å²) in [6, 6.07) is 4.04. The first-order valence-electron chi connectivity index (χ1n) is 10.4. The third-order valence-electron chi connectivity index (χ3n) is 6.28. The topological polar surface area (TPSA) is 46.6 Å². The summed E-state index contributed by atoms with van der Waals surface area (Å²) in [5.41, 5.74) is 4.41. The molecule has 0 N–H and O–H groups in total. The highest BCUT2D eigenvalue weighted by Gasteiger charge is 2.44. The van der Waals surface area contributed by atoms with Crippen LogP contribution in [0.15, 0.2) is 17.9 Å². The van der Waals surface area contributed by atoms with Crippen LogP contribution in [0.1, 0.15) is 61.8 Å². The number of carbonyl (C=O) groups is 2. The Bertz CT molecular complexity index is 982. The first-order chi connectivity index (χ1) is 14.3. The summed E-state index contributed by atoms with van der Waals surface area (Å²) in [7, 11) is 0. The van der Waals surface area contributed by atoms with Crippen molar-refractivity contribution in [2.24, 2.45) is 5.41 Å². The number of Topliss-reactive ketones (excluding diaryl/α,β-unsaturated/α-hetero) is 1. The second kappa shape index (κ2) is 8.80. The van der Waals surface area contributed by atoms with Gasteiger partial charge in [0.15, 0.2) is 5.78 Å². The van der Waals surface area contributed by atoms with Crippen LogP contribution in [0.5, 0.6) is 0 Å². The molecule has 3 rings (SSSR count). The van der Waals surface area contributed by atoms with Crippen LogP contribution < -0.4 is 0 Å². The van der Waals surface area contributed by atoms with Gasteiger partial charge in [0, 0.05) is 38.4 Å². The van der Waals surface area contributed by atoms with Crippen molar-refractivity contribution in [1.29, 1.82) is 0 Å². The van der Waals surface area contributed by atoms with Gasteiger partial charge in [0.1, 0.15) is 12.4 Å². The first-order valence-corrected chi connectivity index (χ1v) is 10.4. The lowest BCUT2D eigenvalue weighted by Crippen LogP contribution is -2.44. The quantitative estimate of drug-likeness (QED) is 0.716. The average Bonchev–Trinajstić information content (AvgIpc) is 2.68. The van der Waals surface area contributed by atoms with E-state index in [1.165, 1.54) is 0 Å². The fourth-order valence-electron chi connectivity index (χ4n) is 4.83. The molecule has 1 aliphatic carbocycles. The van der Waals surface area contributed by atoms with Crippen LogP contribution in [-0.4, -0.2) is 36.3 Å². The summed E-state index contributed by atoms with van der Waals surface area (Å²) in [6.45, 7) is 8.94. The van der Waals surface area contributed by atoms with Crippen LogP contribution in [-0.2, 0) is 14.3 Å². The van der Waals surface area contributed by atoms with E-state index in [9.17, 15) is 9.59 Å². The molecule has 1 fully saturated rings. The Morgan fingerprint density at radius 3 is 2.37 bits per heavy atom. The smallest absolute Gasteiger partial charge is 0.219 e. The van der Waals surface area contributed by atoms with Crippen molar-refractivity contribution in [3.05, 3.63) is 40.1 Å². The molecule has 1 amide bonds. The van der Waals surface area contributed by atoms with Gasteiger partial charge in [-0.1, -0.05) is 11.8 Å². The Balaban J connectivity index is 2.03. The van der Waals surface area contributed by atoms with Crippen molar-refractivity contribution in [1.82, 2.24) is 4.90 Å². The Labute approximate surface area is 179 Å². The van der Waals surface area contributed by atoms with Crippen LogP contribution in [0.2, 0.25) is 0 Å². The summed E-state index contributed by atoms with van der Waals surface area (Å²) in [5.74, 6) is 9.44. The maximum Gasteiger partial charge on any atom is 0.219 e. The zero-order chi connectivity index (χ0) is 21.9. The Morgan fingerprint density at radius 1 is 1.20 bits per heavy atom. The number of terminal acetylenes is 1. The van der Waals surface area contributed by atoms with Crippen LogP contribution in [0.3, 0.4) is 0 Å². The molecule has 1 spiro atoms. The number of ketones is 1. The molecule has 1 saturated heterocycles. The second-order valence-corrected chi connectivity index (χ2v) is 8.43. The van der Waals surface area contributed by atoms with E-state index in [4.69, 9.17) is 11.2 Å². The number of amides is 1. The zero-order valence-corrected chi connectivity index (χ0v) is 18.4. The van der Waals surface area contributed by atoms with Crippen LogP contribution in [0.25, 0.3) is 5.57 Å². The molecule has 30 heavy (non-hydrogen) atoms. The van der Waals surface area contributed by atoms with Crippen LogP contribution in [0, 0.1) is 43.4 Å². The van der Waals surface area contributed by atoms with Gasteiger partial charge in [0.25, 0.3) is 0 Å². The number of rotatable bonds is 3. The monoisotopic (exact) mass is 403 g/mol. The maximum absolute atomic E-state index is 13.5. The van der Waals surface area contributed by atoms with E-state index in [0.29, 0.717) is 37.3 Å². The van der Waals surface area contributed by atoms with Crippen molar-refractivity contribution in [3.8, 4) is 24.2 Å². The normalized spacial score (nSPS) is 18.0. The second-order valence-electron chi connectivity index (χ2n) is 8.43. The molecule has 2 aliphatic rings. The fraction of sp³-hybridized carbons (Fsp3) is 0.462. The third kappa shape index (κ3) is 4.29. The van der Waals surface area contributed by atoms with Crippen molar-refractivity contribution in [2.45, 2.75) is 53.4 Å². The van der Waals surface area contributed by atoms with Gasteiger partial charge in [-0.15, -0.1) is 12.3 Å². The number of nitrogens with zero attached hydrogens (tertiary/aromatic N) is 1. The van der Waals surface area contributed by atoms with E-state index in [0.717, 1.165) is 35.1 Å². The zero-order valence-electron chi connectivity index (χ0n) is 18.4. The van der Waals surface area contributed by atoms with E-state index in [1.807, 2.05) is 37.8 Å². The van der Waals surface area contributed by atoms with Crippen molar-refractivity contribution in [2.75, 3.05) is 19.7 Å². The number of aryl methyl sites for hydroxylation is 2. The van der Waals surface area contributed by atoms with E-state index >= 15 is 0 Å². The molecule has 1 aromatic rings. The van der Waals surface area contributed by atoms with Gasteiger partial charge in [-0.2, -0.15) is 0 Å². The highest BCUT2D eigenvalue weighted by atomic mass is 16.5. The van der Waals surface area contributed by atoms with Crippen LogP contribution in [0.4, 0.5) is 0 Å². The summed E-state index contributed by atoms with van der Waals surface area (Å²) in [6.07, 6.45) is 8.22. The lowest BCUT2D eigenvalue weighted by atomic mass is 9.66. The fourth-order valence-corrected chi connectivity index (χ4v) is 4.83. The molecule has 0 bridgehead atoms. The van der Waals surface area contributed by atoms with E-state index in [2.05, 4.69) is 17.8 Å². The number of likely N-dealkylation sites (tertiary alicyclic amines) is 1. The molecule has 0 atom stereocenters. The maximum atomic E-state index is 13.5. The molecular formula is C26H29NO3. The van der Waals surface area contributed by atoms with Gasteiger partial charge >= 0.3 is 0 Å². The van der Waals surface area contributed by atoms with Gasteiger partial charge in [-0.05, 0) is 67.9 Å². The molecule has 4 nitrogen and oxygen atoms in total. The Kier molecular flexibility index (Phi) is 6.37. The molecule has 0 radical (unpaired) electrons. The molecule has 1 aliphatic heterocycles. The van der Waals surface area contributed by atoms with E-state index in [1.54, 1.807) is 6.92 Å². The molecule has 4 heteroatoms. The first kappa shape index (κ1) is 21.7. The largest absolute Gasteiger partial charge is 0.485 e. The van der Waals surface area contributed by atoms with Crippen molar-refractivity contribution < 1.29 is 14.3 Å². The summed E-state index contributed by atoms with van der Waals surface area (Å²) >= 11 is 0. The van der Waals surface area contributed by atoms with E-state index in [-0.39, 0.29) is 23.7 Å². The molecule has 1 heterocycles. The molecule has 0 aromatic heterocycles. The van der Waals surface area contributed by atoms with Crippen molar-refractivity contribution >= 4 is 17.3 Å². The molecule has 1 aromatic carbocycles. The standard InChI is InChI=1S/C26H29NO3/c1-6-8-21-14-18(3)24(19(4)15-21)25-22(29)16-26(17-23(25)30-13-7-2)9-11-27(12-10-26)20(5)28/h2,14-15H,9-13,16-17H2,1,3-5H3. The molecule has 156 valence electrons. The average molecular weight is 404 g/mol. The van der Waals surface area contributed by atoms with Crippen molar-refractivity contribution in [3.63, 3.8) is 0 Å². The molecular weight excluding hydrogens is 374 g/mol. The third-order valence-corrected chi connectivity index (χ3v) is 6.28. The summed E-state index contributed by atoms with van der Waals surface area (Å²) in [4.78, 5) is 27.1. The van der Waals surface area contributed by atoms with Gasteiger partial charge in [0.2, 0.25) is 5.91 Å². The van der Waals surface area contributed by atoms with Crippen LogP contribution >= 0.6 is 0 Å². The number of hydrogen-bond acceptors (Lipinski definition) is 3. The van der Waals surface area contributed by atoms with Gasteiger partial charge in [-0.3, -0.25) is 9.59 Å². The van der Waals surface area contributed by atoms with Gasteiger partial charge < -0.3 is 9.64 Å². The Hall–Kier alpha value is -2.98. The number of ether oxygens (including phenoxy) is 1. The van der Waals surface area contributed by atoms with Gasteiger partial charge in [0.05, 0.1) is 5.57 Å². The lowest BCUT2D eigenvalue weighted by molar-refractivity contribution is -0.131. The Morgan fingerprint density at radius 2 is 1.83 bits per heavy atom. The van der Waals surface area contributed by atoms with E-state index < -0.39 is 0 Å².